The number of hydrogen-bond acceptors (Lipinski definition) is 7. The van der Waals surface area contributed by atoms with Gasteiger partial charge >= 0.3 is 11.7 Å². The molecule has 0 radical (unpaired) electrons. The van der Waals surface area contributed by atoms with Crippen LogP contribution in [0.15, 0.2) is 52.1 Å². The summed E-state index contributed by atoms with van der Waals surface area (Å²) in [6, 6.07) is 13.2. The smallest absolute Gasteiger partial charge is 0.349 e. The zero-order valence-electron chi connectivity index (χ0n) is 27.1. The highest BCUT2D eigenvalue weighted by molar-refractivity contribution is 5.92. The number of nitrogens with zero attached hydrogens (tertiary/aromatic N) is 3. The predicted octanol–water partition coefficient (Wildman–Crippen LogP) is 5.31. The summed E-state index contributed by atoms with van der Waals surface area (Å²) >= 11 is 0. The van der Waals surface area contributed by atoms with Crippen LogP contribution in [0, 0.1) is 13.8 Å². The van der Waals surface area contributed by atoms with Gasteiger partial charge in [-0.1, -0.05) is 50.6 Å². The lowest BCUT2D eigenvalue weighted by atomic mass is 10.0. The standard InChI is InChI=1S/C34H46N4O6/c1-8-14-23(3)30-31(40)37(22-28(39)35-29-24(4)15-12-16-25(29)5)33(42)38(36-30)20-11-10-17-26-18-13-19-27(21-26)44-34(6,7)32(41)43-9-2/h12-13,15-16,18-19,21,23H,8-11,14,17,20,22H2,1-7H3,(H,35,39). The molecule has 1 N–H and O–H groups in total. The Morgan fingerprint density at radius 1 is 1.02 bits per heavy atom. The van der Waals surface area contributed by atoms with Crippen LogP contribution in [-0.4, -0.2) is 38.4 Å². The van der Waals surface area contributed by atoms with Crippen molar-refractivity contribution < 1.29 is 19.1 Å². The van der Waals surface area contributed by atoms with Gasteiger partial charge in [0.05, 0.1) is 6.61 Å². The third-order valence-corrected chi connectivity index (χ3v) is 7.50. The van der Waals surface area contributed by atoms with E-state index >= 15 is 0 Å². The Morgan fingerprint density at radius 3 is 2.36 bits per heavy atom. The van der Waals surface area contributed by atoms with Gasteiger partial charge in [-0.25, -0.2) is 18.8 Å². The van der Waals surface area contributed by atoms with Crippen molar-refractivity contribution >= 4 is 17.6 Å². The molecule has 0 saturated carbocycles. The number of anilines is 1. The van der Waals surface area contributed by atoms with E-state index in [2.05, 4.69) is 10.4 Å². The number of nitrogens with one attached hydrogen (secondary N) is 1. The molecule has 0 aliphatic carbocycles. The number of hydrogen-bond donors (Lipinski definition) is 1. The molecule has 10 nitrogen and oxygen atoms in total. The first-order valence-corrected chi connectivity index (χ1v) is 15.4. The highest BCUT2D eigenvalue weighted by atomic mass is 16.6. The van der Waals surface area contributed by atoms with Crippen LogP contribution in [0.4, 0.5) is 5.69 Å². The van der Waals surface area contributed by atoms with Crippen molar-refractivity contribution in [1.29, 1.82) is 0 Å². The lowest BCUT2D eigenvalue weighted by Gasteiger charge is -2.24. The van der Waals surface area contributed by atoms with Crippen molar-refractivity contribution in [1.82, 2.24) is 14.3 Å². The molecule has 1 aromatic heterocycles. The van der Waals surface area contributed by atoms with Gasteiger partial charge in [-0.3, -0.25) is 9.59 Å². The van der Waals surface area contributed by atoms with Gasteiger partial charge in [0.25, 0.3) is 5.56 Å². The fourth-order valence-electron chi connectivity index (χ4n) is 5.07. The Balaban J connectivity index is 1.74. The monoisotopic (exact) mass is 606 g/mol. The molecule has 0 bridgehead atoms. The molecule has 0 spiro atoms. The normalized spacial score (nSPS) is 12.1. The average Bonchev–Trinajstić information content (AvgIpc) is 2.96. The number of esters is 1. The second-order valence-corrected chi connectivity index (χ2v) is 11.7. The Labute approximate surface area is 259 Å². The minimum Gasteiger partial charge on any atom is -0.476 e. The molecule has 1 amide bonds. The van der Waals surface area contributed by atoms with Gasteiger partial charge in [0.15, 0.2) is 5.60 Å². The molecule has 0 fully saturated rings. The number of unbranched alkanes of at least 4 members (excludes halogenated alkanes) is 1. The van der Waals surface area contributed by atoms with E-state index in [-0.39, 0.29) is 12.5 Å². The Kier molecular flexibility index (Phi) is 12.1. The van der Waals surface area contributed by atoms with E-state index in [9.17, 15) is 19.2 Å². The first kappa shape index (κ1) is 34.3. The Hall–Kier alpha value is -4.21. The third kappa shape index (κ3) is 8.90. The topological polar surface area (TPSA) is 122 Å². The maximum atomic E-state index is 13.4. The number of aryl methyl sites for hydroxylation is 4. The van der Waals surface area contributed by atoms with Crippen LogP contribution in [0.3, 0.4) is 0 Å². The number of aromatic nitrogens is 3. The zero-order chi connectivity index (χ0) is 32.4. The summed E-state index contributed by atoms with van der Waals surface area (Å²) in [7, 11) is 0. The molecule has 0 aliphatic rings. The highest BCUT2D eigenvalue weighted by Gasteiger charge is 2.31. The van der Waals surface area contributed by atoms with E-state index in [1.54, 1.807) is 26.8 Å². The van der Waals surface area contributed by atoms with Crippen LogP contribution in [0.2, 0.25) is 0 Å². The molecule has 0 saturated heterocycles. The lowest BCUT2D eigenvalue weighted by molar-refractivity contribution is -0.158. The fraction of sp³-hybridized carbons (Fsp3) is 0.500. The SMILES string of the molecule is CCCC(C)c1nn(CCCCc2cccc(OC(C)(C)C(=O)OCC)c2)c(=O)n(CC(=O)Nc2c(C)cccc2C)c1=O. The minimum absolute atomic E-state index is 0.158. The maximum absolute atomic E-state index is 13.4. The summed E-state index contributed by atoms with van der Waals surface area (Å²) in [5.41, 5.74) is 1.55. The van der Waals surface area contributed by atoms with Crippen LogP contribution in [-0.2, 0) is 33.8 Å². The molecular weight excluding hydrogens is 560 g/mol. The average molecular weight is 607 g/mol. The number of amides is 1. The second-order valence-electron chi connectivity index (χ2n) is 11.7. The molecule has 44 heavy (non-hydrogen) atoms. The van der Waals surface area contributed by atoms with Crippen LogP contribution in [0.25, 0.3) is 0 Å². The van der Waals surface area contributed by atoms with Gasteiger partial charge in [-0.15, -0.1) is 0 Å². The van der Waals surface area contributed by atoms with E-state index in [4.69, 9.17) is 9.47 Å². The number of carbonyl (C=O) groups excluding carboxylic acids is 2. The number of benzene rings is 2. The number of carbonyl (C=O) groups is 2. The zero-order valence-corrected chi connectivity index (χ0v) is 27.1. The van der Waals surface area contributed by atoms with Gasteiger partial charge in [0, 0.05) is 18.2 Å². The molecule has 0 aliphatic heterocycles. The van der Waals surface area contributed by atoms with Crippen molar-refractivity contribution in [3.8, 4) is 5.75 Å². The van der Waals surface area contributed by atoms with Crippen LogP contribution in [0.1, 0.15) is 88.6 Å². The van der Waals surface area contributed by atoms with Crippen molar-refractivity contribution in [3.05, 3.63) is 85.7 Å². The van der Waals surface area contributed by atoms with E-state index in [0.717, 1.165) is 40.5 Å². The van der Waals surface area contributed by atoms with Crippen molar-refractivity contribution in [2.45, 2.75) is 105 Å². The Bertz CT molecular complexity index is 1550. The second kappa shape index (κ2) is 15.5. The van der Waals surface area contributed by atoms with Crippen molar-refractivity contribution in [2.75, 3.05) is 11.9 Å². The predicted molar refractivity (Wildman–Crippen MR) is 171 cm³/mol. The first-order chi connectivity index (χ1) is 20.9. The molecular formula is C34H46N4O6. The van der Waals surface area contributed by atoms with Gasteiger partial charge < -0.3 is 14.8 Å². The minimum atomic E-state index is -1.12. The molecule has 2 aromatic carbocycles. The van der Waals surface area contributed by atoms with Crippen LogP contribution < -0.4 is 21.3 Å². The fourth-order valence-corrected chi connectivity index (χ4v) is 5.07. The lowest BCUT2D eigenvalue weighted by Crippen LogP contribution is -2.46. The largest absolute Gasteiger partial charge is 0.476 e. The molecule has 10 heteroatoms. The summed E-state index contributed by atoms with van der Waals surface area (Å²) in [4.78, 5) is 52.0. The first-order valence-electron chi connectivity index (χ1n) is 15.4. The van der Waals surface area contributed by atoms with Gasteiger partial charge in [-0.05, 0) is 89.1 Å². The molecule has 1 heterocycles. The number of rotatable bonds is 15. The molecule has 1 atom stereocenters. The molecule has 238 valence electrons. The third-order valence-electron chi connectivity index (χ3n) is 7.50. The summed E-state index contributed by atoms with van der Waals surface area (Å²) in [5.74, 6) is -0.463. The van der Waals surface area contributed by atoms with Gasteiger partial charge in [-0.2, -0.15) is 5.10 Å². The van der Waals surface area contributed by atoms with Crippen LogP contribution in [0.5, 0.6) is 5.75 Å². The summed E-state index contributed by atoms with van der Waals surface area (Å²) in [6.07, 6.45) is 3.67. The Morgan fingerprint density at radius 2 is 1.70 bits per heavy atom. The van der Waals surface area contributed by atoms with E-state index in [1.807, 2.05) is 64.1 Å². The molecule has 1 unspecified atom stereocenters. The van der Waals surface area contributed by atoms with Crippen molar-refractivity contribution in [3.63, 3.8) is 0 Å². The quantitative estimate of drug-likeness (QED) is 0.184. The van der Waals surface area contributed by atoms with E-state index in [0.29, 0.717) is 36.5 Å². The molecule has 3 aromatic rings. The summed E-state index contributed by atoms with van der Waals surface area (Å²) in [5, 5.41) is 7.35. The van der Waals surface area contributed by atoms with Crippen LogP contribution >= 0.6 is 0 Å². The van der Waals surface area contributed by atoms with Gasteiger partial charge in [0.1, 0.15) is 18.0 Å². The maximum Gasteiger partial charge on any atom is 0.349 e. The van der Waals surface area contributed by atoms with E-state index < -0.39 is 35.3 Å². The van der Waals surface area contributed by atoms with Crippen molar-refractivity contribution in [2.24, 2.45) is 0 Å². The van der Waals surface area contributed by atoms with E-state index in [1.165, 1.54) is 4.68 Å². The number of ether oxygens (including phenoxy) is 2. The summed E-state index contributed by atoms with van der Waals surface area (Å²) < 4.78 is 13.3. The highest BCUT2D eigenvalue weighted by Crippen LogP contribution is 2.22. The van der Waals surface area contributed by atoms with Gasteiger partial charge in [0.2, 0.25) is 5.91 Å². The summed E-state index contributed by atoms with van der Waals surface area (Å²) in [6.45, 7) is 13.0. The molecule has 3 rings (SSSR count). The number of para-hydroxylation sites is 1.